The summed E-state index contributed by atoms with van der Waals surface area (Å²) in [6, 6.07) is 15.1. The van der Waals surface area contributed by atoms with Crippen LogP contribution in [-0.2, 0) is 0 Å². The molecule has 0 spiro atoms. The van der Waals surface area contributed by atoms with E-state index in [9.17, 15) is 4.79 Å². The Morgan fingerprint density at radius 1 is 1.11 bits per heavy atom. The highest BCUT2D eigenvalue weighted by atomic mass is 16.3. The number of furan rings is 1. The molecule has 0 fully saturated rings. The molecule has 1 amide bonds. The number of amides is 1. The summed E-state index contributed by atoms with van der Waals surface area (Å²) in [5.41, 5.74) is 2.18. The summed E-state index contributed by atoms with van der Waals surface area (Å²) in [5, 5.41) is 8.46. The van der Waals surface area contributed by atoms with Crippen molar-refractivity contribution < 1.29 is 9.21 Å². The van der Waals surface area contributed by atoms with Crippen molar-refractivity contribution >= 4 is 16.9 Å². The van der Waals surface area contributed by atoms with Crippen LogP contribution >= 0.6 is 0 Å². The van der Waals surface area contributed by atoms with Gasteiger partial charge < -0.3 is 9.73 Å². The van der Waals surface area contributed by atoms with Gasteiger partial charge in [0, 0.05) is 11.6 Å². The van der Waals surface area contributed by atoms with E-state index in [1.54, 1.807) is 17.1 Å². The van der Waals surface area contributed by atoms with Crippen LogP contribution in [0.1, 0.15) is 54.5 Å². The number of carbonyl (C=O) groups is 1. The van der Waals surface area contributed by atoms with E-state index in [0.29, 0.717) is 11.4 Å². The van der Waals surface area contributed by atoms with Gasteiger partial charge in [0.1, 0.15) is 11.3 Å². The minimum Gasteiger partial charge on any atom is -0.459 e. The number of aromatic nitrogens is 3. The summed E-state index contributed by atoms with van der Waals surface area (Å²) >= 11 is 0. The highest BCUT2D eigenvalue weighted by Gasteiger charge is 2.23. The van der Waals surface area contributed by atoms with Gasteiger partial charge in [-0.2, -0.15) is 5.10 Å². The third-order valence-corrected chi connectivity index (χ3v) is 4.68. The van der Waals surface area contributed by atoms with Crippen molar-refractivity contribution in [3.8, 4) is 5.82 Å². The number of nitrogens with zero attached hydrogens (tertiary/aromatic N) is 3. The number of hydrogen-bond acceptors (Lipinski definition) is 4. The maximum Gasteiger partial charge on any atom is 0.255 e. The fraction of sp³-hybridized carbons (Fsp3) is 0.227. The van der Waals surface area contributed by atoms with Crippen molar-refractivity contribution in [2.45, 2.75) is 32.7 Å². The summed E-state index contributed by atoms with van der Waals surface area (Å²) in [5.74, 6) is 1.33. The van der Waals surface area contributed by atoms with E-state index >= 15 is 0 Å². The van der Waals surface area contributed by atoms with Gasteiger partial charge in [-0.1, -0.05) is 38.1 Å². The number of hydrogen-bond donors (Lipinski definition) is 1. The molecule has 28 heavy (non-hydrogen) atoms. The first-order valence-electron chi connectivity index (χ1n) is 9.33. The van der Waals surface area contributed by atoms with Gasteiger partial charge in [-0.3, -0.25) is 4.79 Å². The van der Waals surface area contributed by atoms with Crippen molar-refractivity contribution in [2.24, 2.45) is 0 Å². The zero-order valence-corrected chi connectivity index (χ0v) is 16.1. The first-order valence-corrected chi connectivity index (χ1v) is 9.33. The van der Waals surface area contributed by atoms with Crippen LogP contribution in [0.2, 0.25) is 0 Å². The SMILES string of the molecule is CC(C)c1c(C(=O)N[C@H](C)c2cc3ccccc3o2)cnn1-c1ccccn1. The Morgan fingerprint density at radius 2 is 1.89 bits per heavy atom. The molecule has 4 aromatic rings. The predicted octanol–water partition coefficient (Wildman–Crippen LogP) is 4.63. The average Bonchev–Trinajstić information content (AvgIpc) is 3.33. The Hall–Kier alpha value is -3.41. The molecule has 0 aliphatic heterocycles. The van der Waals surface area contributed by atoms with Crippen LogP contribution in [0.4, 0.5) is 0 Å². The molecule has 6 nitrogen and oxygen atoms in total. The lowest BCUT2D eigenvalue weighted by Gasteiger charge is -2.14. The monoisotopic (exact) mass is 374 g/mol. The van der Waals surface area contributed by atoms with E-state index in [-0.39, 0.29) is 17.9 Å². The maximum absolute atomic E-state index is 13.0. The first kappa shape index (κ1) is 18.0. The standard InChI is InChI=1S/C22H22N4O2/c1-14(2)21-17(13-24-26(21)20-10-6-7-11-23-20)22(27)25-15(3)19-12-16-8-4-5-9-18(16)28-19/h4-15H,1-3H3,(H,25,27)/t15-/m1/s1. The molecule has 142 valence electrons. The molecule has 0 bridgehead atoms. The topological polar surface area (TPSA) is 73.0 Å². The summed E-state index contributed by atoms with van der Waals surface area (Å²) in [7, 11) is 0. The molecule has 0 aliphatic rings. The molecule has 1 aromatic carbocycles. The highest BCUT2D eigenvalue weighted by molar-refractivity contribution is 5.95. The third kappa shape index (κ3) is 3.29. The van der Waals surface area contributed by atoms with E-state index in [1.165, 1.54) is 0 Å². The van der Waals surface area contributed by atoms with Crippen LogP contribution in [0.3, 0.4) is 0 Å². The van der Waals surface area contributed by atoms with Gasteiger partial charge in [0.05, 0.1) is 23.5 Å². The molecule has 1 atom stereocenters. The highest BCUT2D eigenvalue weighted by Crippen LogP contribution is 2.26. The van der Waals surface area contributed by atoms with Gasteiger partial charge >= 0.3 is 0 Å². The quantitative estimate of drug-likeness (QED) is 0.553. The molecule has 0 aliphatic carbocycles. The van der Waals surface area contributed by atoms with E-state index < -0.39 is 0 Å². The van der Waals surface area contributed by atoms with E-state index in [1.807, 2.05) is 69.3 Å². The molecule has 6 heteroatoms. The normalized spacial score (nSPS) is 12.4. The Bertz CT molecular complexity index is 1080. The molecule has 1 N–H and O–H groups in total. The zero-order valence-electron chi connectivity index (χ0n) is 16.1. The van der Waals surface area contributed by atoms with Crippen molar-refractivity contribution in [3.63, 3.8) is 0 Å². The lowest BCUT2D eigenvalue weighted by Crippen LogP contribution is -2.27. The molecular weight excluding hydrogens is 352 g/mol. The van der Waals surface area contributed by atoms with Gasteiger partial charge in [0.25, 0.3) is 5.91 Å². The summed E-state index contributed by atoms with van der Waals surface area (Å²) in [6.45, 7) is 5.99. The lowest BCUT2D eigenvalue weighted by molar-refractivity contribution is 0.0934. The summed E-state index contributed by atoms with van der Waals surface area (Å²) in [6.07, 6.45) is 3.31. The zero-order chi connectivity index (χ0) is 19.7. The van der Waals surface area contributed by atoms with Gasteiger partial charge in [0.15, 0.2) is 5.82 Å². The molecule has 3 aromatic heterocycles. The fourth-order valence-electron chi connectivity index (χ4n) is 3.31. The van der Waals surface area contributed by atoms with Crippen LogP contribution in [0.15, 0.2) is 65.3 Å². The Balaban J connectivity index is 1.62. The number of pyridine rings is 1. The van der Waals surface area contributed by atoms with Crippen LogP contribution in [-0.4, -0.2) is 20.7 Å². The Kier molecular flexibility index (Phi) is 4.69. The van der Waals surface area contributed by atoms with Crippen LogP contribution in [0, 0.1) is 0 Å². The van der Waals surface area contributed by atoms with Crippen LogP contribution < -0.4 is 5.32 Å². The van der Waals surface area contributed by atoms with Crippen molar-refractivity contribution in [1.29, 1.82) is 0 Å². The van der Waals surface area contributed by atoms with Crippen LogP contribution in [0.25, 0.3) is 16.8 Å². The molecule has 3 heterocycles. The number of carbonyl (C=O) groups excluding carboxylic acids is 1. The van der Waals surface area contributed by atoms with Crippen molar-refractivity contribution in [2.75, 3.05) is 0 Å². The fourth-order valence-corrected chi connectivity index (χ4v) is 3.31. The molecule has 0 unspecified atom stereocenters. The van der Waals surface area contributed by atoms with Gasteiger partial charge in [-0.15, -0.1) is 0 Å². The van der Waals surface area contributed by atoms with Gasteiger partial charge in [-0.25, -0.2) is 9.67 Å². The third-order valence-electron chi connectivity index (χ3n) is 4.68. The second-order valence-corrected chi connectivity index (χ2v) is 7.08. The average molecular weight is 374 g/mol. The lowest BCUT2D eigenvalue weighted by atomic mass is 10.0. The summed E-state index contributed by atoms with van der Waals surface area (Å²) < 4.78 is 7.60. The number of rotatable bonds is 5. The van der Waals surface area contributed by atoms with Gasteiger partial charge in [-0.05, 0) is 37.1 Å². The van der Waals surface area contributed by atoms with Crippen molar-refractivity contribution in [3.05, 3.63) is 77.9 Å². The molecule has 0 radical (unpaired) electrons. The van der Waals surface area contributed by atoms with Crippen LogP contribution in [0.5, 0.6) is 0 Å². The molecule has 0 saturated carbocycles. The second kappa shape index (κ2) is 7.31. The van der Waals surface area contributed by atoms with E-state index in [0.717, 1.165) is 22.4 Å². The largest absolute Gasteiger partial charge is 0.459 e. The minimum atomic E-state index is -0.266. The number of fused-ring (bicyclic) bond motifs is 1. The Morgan fingerprint density at radius 3 is 2.61 bits per heavy atom. The second-order valence-electron chi connectivity index (χ2n) is 7.08. The first-order chi connectivity index (χ1) is 13.5. The minimum absolute atomic E-state index is 0.103. The smallest absolute Gasteiger partial charge is 0.255 e. The predicted molar refractivity (Wildman–Crippen MR) is 108 cm³/mol. The Labute approximate surface area is 163 Å². The maximum atomic E-state index is 13.0. The van der Waals surface area contributed by atoms with E-state index in [2.05, 4.69) is 15.4 Å². The summed E-state index contributed by atoms with van der Waals surface area (Å²) in [4.78, 5) is 17.3. The number of benzene rings is 1. The van der Waals surface area contributed by atoms with Gasteiger partial charge in [0.2, 0.25) is 0 Å². The molecule has 4 rings (SSSR count). The molecular formula is C22H22N4O2. The number of nitrogens with one attached hydrogen (secondary N) is 1. The van der Waals surface area contributed by atoms with E-state index in [4.69, 9.17) is 4.42 Å². The molecule has 0 saturated heterocycles. The number of para-hydroxylation sites is 1. The van der Waals surface area contributed by atoms with Crippen molar-refractivity contribution in [1.82, 2.24) is 20.1 Å².